The highest BCUT2D eigenvalue weighted by molar-refractivity contribution is 7.10. The van der Waals surface area contributed by atoms with Crippen molar-refractivity contribution >= 4 is 23.3 Å². The van der Waals surface area contributed by atoms with E-state index in [-0.39, 0.29) is 11.9 Å². The summed E-state index contributed by atoms with van der Waals surface area (Å²) in [4.78, 5) is 29.1. The molecular formula is C17H25N3O2S. The Labute approximate surface area is 141 Å². The molecule has 0 spiro atoms. The average Bonchev–Trinajstić information content (AvgIpc) is 3.26. The molecule has 23 heavy (non-hydrogen) atoms. The number of amides is 3. The van der Waals surface area contributed by atoms with Gasteiger partial charge in [-0.2, -0.15) is 0 Å². The minimum atomic E-state index is 0.0302. The third kappa shape index (κ3) is 3.86. The number of carbonyl (C=O) groups is 2. The quantitative estimate of drug-likeness (QED) is 0.920. The van der Waals surface area contributed by atoms with Crippen molar-refractivity contribution in [2.45, 2.75) is 25.7 Å². The third-order valence-corrected chi connectivity index (χ3v) is 6.07. The largest absolute Gasteiger partial charge is 0.342 e. The number of carbonyl (C=O) groups excluding carboxylic acids is 2. The lowest BCUT2D eigenvalue weighted by Crippen LogP contribution is -2.44. The van der Waals surface area contributed by atoms with E-state index in [2.05, 4.69) is 5.32 Å². The fourth-order valence-corrected chi connectivity index (χ4v) is 4.50. The van der Waals surface area contributed by atoms with Gasteiger partial charge in [0, 0.05) is 38.1 Å². The summed E-state index contributed by atoms with van der Waals surface area (Å²) in [6, 6.07) is 4.06. The Balaban J connectivity index is 1.46. The molecule has 2 saturated heterocycles. The van der Waals surface area contributed by atoms with Crippen LogP contribution in [0.15, 0.2) is 17.5 Å². The number of rotatable bonds is 3. The predicted molar refractivity (Wildman–Crippen MR) is 91.5 cm³/mol. The molecule has 3 rings (SSSR count). The van der Waals surface area contributed by atoms with Gasteiger partial charge in [0.25, 0.3) is 0 Å². The minimum absolute atomic E-state index is 0.0302. The molecule has 3 amide bonds. The van der Waals surface area contributed by atoms with Crippen LogP contribution in [0.2, 0.25) is 0 Å². The molecule has 126 valence electrons. The summed E-state index contributed by atoms with van der Waals surface area (Å²) >= 11 is 1.65. The van der Waals surface area contributed by atoms with Crippen LogP contribution in [0.3, 0.4) is 0 Å². The fraction of sp³-hybridized carbons (Fsp3) is 0.647. The first-order valence-electron chi connectivity index (χ1n) is 8.44. The summed E-state index contributed by atoms with van der Waals surface area (Å²) in [7, 11) is 1.68. The van der Waals surface area contributed by atoms with Gasteiger partial charge in [0.05, 0.1) is 6.42 Å². The summed E-state index contributed by atoms with van der Waals surface area (Å²) in [6.45, 7) is 3.47. The Morgan fingerprint density at radius 3 is 2.52 bits per heavy atom. The van der Waals surface area contributed by atoms with Crippen LogP contribution in [-0.2, 0) is 11.2 Å². The van der Waals surface area contributed by atoms with Gasteiger partial charge in [-0.25, -0.2) is 4.79 Å². The highest BCUT2D eigenvalue weighted by Gasteiger charge is 2.34. The standard InChI is InChI=1S/C17H25N3O2S/c1-18-17(22)19-7-4-13(5-8-19)14-6-9-20(12-14)16(21)11-15-3-2-10-23-15/h2-3,10,13-14H,4-9,11-12H2,1H3,(H,18,22). The molecule has 1 atom stereocenters. The second-order valence-electron chi connectivity index (χ2n) is 6.52. The molecule has 2 aliphatic heterocycles. The summed E-state index contributed by atoms with van der Waals surface area (Å²) < 4.78 is 0. The highest BCUT2D eigenvalue weighted by atomic mass is 32.1. The van der Waals surface area contributed by atoms with Gasteiger partial charge in [-0.3, -0.25) is 4.79 Å². The van der Waals surface area contributed by atoms with Crippen LogP contribution in [0.4, 0.5) is 4.79 Å². The zero-order chi connectivity index (χ0) is 16.2. The lowest BCUT2D eigenvalue weighted by molar-refractivity contribution is -0.129. The van der Waals surface area contributed by atoms with Crippen LogP contribution in [0.1, 0.15) is 24.1 Å². The molecule has 2 fully saturated rings. The number of urea groups is 1. The number of nitrogens with zero attached hydrogens (tertiary/aromatic N) is 2. The van der Waals surface area contributed by atoms with Crippen molar-refractivity contribution < 1.29 is 9.59 Å². The number of nitrogens with one attached hydrogen (secondary N) is 1. The molecule has 6 heteroatoms. The van der Waals surface area contributed by atoms with Gasteiger partial charge >= 0.3 is 6.03 Å². The maximum Gasteiger partial charge on any atom is 0.317 e. The van der Waals surface area contributed by atoms with Gasteiger partial charge in [-0.15, -0.1) is 11.3 Å². The van der Waals surface area contributed by atoms with E-state index in [0.29, 0.717) is 18.3 Å². The number of piperidine rings is 1. The molecule has 1 N–H and O–H groups in total. The van der Waals surface area contributed by atoms with E-state index in [1.807, 2.05) is 27.3 Å². The topological polar surface area (TPSA) is 52.7 Å². The van der Waals surface area contributed by atoms with Crippen molar-refractivity contribution in [3.05, 3.63) is 22.4 Å². The van der Waals surface area contributed by atoms with Crippen molar-refractivity contribution in [1.29, 1.82) is 0 Å². The summed E-state index contributed by atoms with van der Waals surface area (Å²) in [5.41, 5.74) is 0. The second kappa shape index (κ2) is 7.34. The highest BCUT2D eigenvalue weighted by Crippen LogP contribution is 2.32. The molecule has 5 nitrogen and oxygen atoms in total. The number of hydrogen-bond acceptors (Lipinski definition) is 3. The normalized spacial score (nSPS) is 22.4. The van der Waals surface area contributed by atoms with Gasteiger partial charge in [-0.05, 0) is 42.5 Å². The third-order valence-electron chi connectivity index (χ3n) is 5.19. The Morgan fingerprint density at radius 2 is 1.87 bits per heavy atom. The molecule has 0 saturated carbocycles. The maximum absolute atomic E-state index is 12.4. The molecule has 0 radical (unpaired) electrons. The van der Waals surface area contributed by atoms with Crippen LogP contribution >= 0.6 is 11.3 Å². The fourth-order valence-electron chi connectivity index (χ4n) is 3.80. The van der Waals surface area contributed by atoms with Gasteiger partial charge < -0.3 is 15.1 Å². The predicted octanol–water partition coefficient (Wildman–Crippen LogP) is 2.19. The minimum Gasteiger partial charge on any atom is -0.342 e. The molecule has 0 aliphatic carbocycles. The van der Waals surface area contributed by atoms with Crippen molar-refractivity contribution in [3.63, 3.8) is 0 Å². The monoisotopic (exact) mass is 335 g/mol. The summed E-state index contributed by atoms with van der Waals surface area (Å²) in [5, 5.41) is 4.72. The first kappa shape index (κ1) is 16.3. The Hall–Kier alpha value is -1.56. The molecular weight excluding hydrogens is 310 g/mol. The van der Waals surface area contributed by atoms with Crippen LogP contribution in [-0.4, -0.2) is 55.0 Å². The zero-order valence-electron chi connectivity index (χ0n) is 13.7. The van der Waals surface area contributed by atoms with E-state index in [1.165, 1.54) is 0 Å². The Kier molecular flexibility index (Phi) is 5.20. The maximum atomic E-state index is 12.4. The zero-order valence-corrected chi connectivity index (χ0v) is 14.5. The van der Waals surface area contributed by atoms with E-state index < -0.39 is 0 Å². The summed E-state index contributed by atoms with van der Waals surface area (Å²) in [5.74, 6) is 1.52. The first-order chi connectivity index (χ1) is 11.2. The average molecular weight is 335 g/mol. The Bertz CT molecular complexity index is 538. The molecule has 1 unspecified atom stereocenters. The van der Waals surface area contributed by atoms with Gasteiger partial charge in [0.15, 0.2) is 0 Å². The van der Waals surface area contributed by atoms with E-state index >= 15 is 0 Å². The van der Waals surface area contributed by atoms with Crippen molar-refractivity contribution in [1.82, 2.24) is 15.1 Å². The first-order valence-corrected chi connectivity index (χ1v) is 9.32. The van der Waals surface area contributed by atoms with E-state index in [9.17, 15) is 9.59 Å². The van der Waals surface area contributed by atoms with E-state index in [0.717, 1.165) is 50.3 Å². The molecule has 3 heterocycles. The number of hydrogen-bond donors (Lipinski definition) is 1. The molecule has 1 aromatic rings. The molecule has 1 aromatic heterocycles. The van der Waals surface area contributed by atoms with Gasteiger partial charge in [0.2, 0.25) is 5.91 Å². The second-order valence-corrected chi connectivity index (χ2v) is 7.56. The van der Waals surface area contributed by atoms with Gasteiger partial charge in [0.1, 0.15) is 0 Å². The smallest absolute Gasteiger partial charge is 0.317 e. The van der Waals surface area contributed by atoms with E-state index in [1.54, 1.807) is 18.4 Å². The van der Waals surface area contributed by atoms with Crippen LogP contribution in [0, 0.1) is 11.8 Å². The molecule has 0 aromatic carbocycles. The molecule has 2 aliphatic rings. The van der Waals surface area contributed by atoms with Gasteiger partial charge in [-0.1, -0.05) is 6.07 Å². The number of likely N-dealkylation sites (tertiary alicyclic amines) is 2. The van der Waals surface area contributed by atoms with E-state index in [4.69, 9.17) is 0 Å². The van der Waals surface area contributed by atoms with Crippen molar-refractivity contribution in [3.8, 4) is 0 Å². The lowest BCUT2D eigenvalue weighted by atomic mass is 9.84. The lowest BCUT2D eigenvalue weighted by Gasteiger charge is -2.34. The number of thiophene rings is 1. The molecule has 0 bridgehead atoms. The van der Waals surface area contributed by atoms with Crippen LogP contribution < -0.4 is 5.32 Å². The van der Waals surface area contributed by atoms with Crippen molar-refractivity contribution in [2.24, 2.45) is 11.8 Å². The summed E-state index contributed by atoms with van der Waals surface area (Å²) in [6.07, 6.45) is 3.77. The SMILES string of the molecule is CNC(=O)N1CCC(C2CCN(C(=O)Cc3cccs3)C2)CC1. The Morgan fingerprint density at radius 1 is 1.17 bits per heavy atom. The van der Waals surface area contributed by atoms with Crippen molar-refractivity contribution in [2.75, 3.05) is 33.2 Å². The van der Waals surface area contributed by atoms with Crippen LogP contribution in [0.5, 0.6) is 0 Å². The van der Waals surface area contributed by atoms with Crippen LogP contribution in [0.25, 0.3) is 0 Å².